The second-order valence-corrected chi connectivity index (χ2v) is 10.2. The second-order valence-electron chi connectivity index (χ2n) is 8.35. The molecule has 1 aliphatic rings. The maximum absolute atomic E-state index is 13.5. The number of hydrogen-bond acceptors (Lipinski definition) is 2. The van der Waals surface area contributed by atoms with Crippen LogP contribution in [0.3, 0.4) is 0 Å². The van der Waals surface area contributed by atoms with Crippen LogP contribution in [0.15, 0.2) is 17.0 Å². The summed E-state index contributed by atoms with van der Waals surface area (Å²) in [6.07, 6.45) is 0. The van der Waals surface area contributed by atoms with Crippen molar-refractivity contribution < 1.29 is 13.3 Å². The number of nitrogens with one attached hydrogen (secondary N) is 1. The van der Waals surface area contributed by atoms with Gasteiger partial charge in [-0.25, -0.2) is 8.42 Å². The minimum absolute atomic E-state index is 0.180. The van der Waals surface area contributed by atoms with Crippen LogP contribution in [0.5, 0.6) is 0 Å². The Morgan fingerprint density at radius 3 is 1.68 bits per heavy atom. The molecule has 0 unspecified atom stereocenters. The standard InChI is InChI=1S/C20H34N2O2S/c1-14(2)17-12-18(15(3)4)20(19(13-17)16(5)6)25(23,24)22-10-8-21(7)9-11-22/h12-16H,8-11H2,1-7H3/p+1. The molecule has 1 heterocycles. The summed E-state index contributed by atoms with van der Waals surface area (Å²) in [6, 6.07) is 4.24. The van der Waals surface area contributed by atoms with Gasteiger partial charge in [-0.1, -0.05) is 53.7 Å². The molecule has 4 nitrogen and oxygen atoms in total. The van der Waals surface area contributed by atoms with Gasteiger partial charge in [-0.15, -0.1) is 0 Å². The van der Waals surface area contributed by atoms with Crippen LogP contribution in [0.2, 0.25) is 0 Å². The topological polar surface area (TPSA) is 41.8 Å². The van der Waals surface area contributed by atoms with E-state index in [1.807, 2.05) is 0 Å². The fraction of sp³-hybridized carbons (Fsp3) is 0.700. The summed E-state index contributed by atoms with van der Waals surface area (Å²) in [4.78, 5) is 1.97. The van der Waals surface area contributed by atoms with Crippen molar-refractivity contribution in [1.29, 1.82) is 0 Å². The fourth-order valence-corrected chi connectivity index (χ4v) is 5.53. The largest absolute Gasteiger partial charge is 0.335 e. The average Bonchev–Trinajstić information content (AvgIpc) is 2.53. The minimum atomic E-state index is -3.46. The van der Waals surface area contributed by atoms with E-state index in [1.54, 1.807) is 4.31 Å². The van der Waals surface area contributed by atoms with Gasteiger partial charge in [-0.2, -0.15) is 4.31 Å². The van der Waals surface area contributed by atoms with Crippen molar-refractivity contribution in [3.63, 3.8) is 0 Å². The monoisotopic (exact) mass is 367 g/mol. The molecule has 2 rings (SSSR count). The van der Waals surface area contributed by atoms with Crippen LogP contribution in [-0.2, 0) is 10.0 Å². The highest BCUT2D eigenvalue weighted by Crippen LogP contribution is 2.36. The molecule has 142 valence electrons. The lowest BCUT2D eigenvalue weighted by molar-refractivity contribution is -0.883. The van der Waals surface area contributed by atoms with Gasteiger partial charge in [0.1, 0.15) is 0 Å². The summed E-state index contributed by atoms with van der Waals surface area (Å²) in [5, 5.41) is 0. The molecule has 1 N–H and O–H groups in total. The fourth-order valence-electron chi connectivity index (χ4n) is 3.42. The van der Waals surface area contributed by atoms with Crippen molar-refractivity contribution in [1.82, 2.24) is 4.31 Å². The third kappa shape index (κ3) is 4.26. The van der Waals surface area contributed by atoms with Crippen molar-refractivity contribution >= 4 is 10.0 Å². The first-order chi connectivity index (χ1) is 11.6. The maximum Gasteiger partial charge on any atom is 0.244 e. The molecule has 5 heteroatoms. The molecule has 1 saturated heterocycles. The third-order valence-electron chi connectivity index (χ3n) is 5.25. The van der Waals surface area contributed by atoms with Gasteiger partial charge < -0.3 is 4.90 Å². The van der Waals surface area contributed by atoms with Crippen LogP contribution in [-0.4, -0.2) is 45.9 Å². The molecule has 1 fully saturated rings. The van der Waals surface area contributed by atoms with Crippen molar-refractivity contribution in [2.24, 2.45) is 0 Å². The second kappa shape index (κ2) is 7.77. The molecular weight excluding hydrogens is 332 g/mol. The quantitative estimate of drug-likeness (QED) is 0.869. The van der Waals surface area contributed by atoms with Crippen LogP contribution in [0.1, 0.15) is 76.0 Å². The van der Waals surface area contributed by atoms with Gasteiger partial charge in [0.2, 0.25) is 10.0 Å². The van der Waals surface area contributed by atoms with E-state index >= 15 is 0 Å². The molecule has 1 aromatic carbocycles. The number of piperazine rings is 1. The lowest BCUT2D eigenvalue weighted by atomic mass is 9.89. The predicted octanol–water partition coefficient (Wildman–Crippen LogP) is 2.58. The Kier molecular flexibility index (Phi) is 6.34. The Hall–Kier alpha value is -0.910. The molecule has 1 aromatic rings. The number of nitrogens with zero attached hydrogens (tertiary/aromatic N) is 1. The Balaban J connectivity index is 2.65. The molecular formula is C20H35N2O2S+. The smallest absolute Gasteiger partial charge is 0.244 e. The number of sulfonamides is 1. The summed E-state index contributed by atoms with van der Waals surface area (Å²) in [5.74, 6) is 0.747. The van der Waals surface area contributed by atoms with Crippen molar-refractivity contribution in [2.75, 3.05) is 33.2 Å². The normalized spacial score (nSPS) is 17.8. The zero-order valence-corrected chi connectivity index (χ0v) is 17.7. The Morgan fingerprint density at radius 1 is 0.880 bits per heavy atom. The molecule has 0 radical (unpaired) electrons. The molecule has 0 aromatic heterocycles. The summed E-state index contributed by atoms with van der Waals surface area (Å²) in [7, 11) is -1.33. The van der Waals surface area contributed by atoms with Gasteiger partial charge in [0.25, 0.3) is 0 Å². The van der Waals surface area contributed by atoms with E-state index in [1.165, 1.54) is 10.5 Å². The van der Waals surface area contributed by atoms with E-state index in [0.717, 1.165) is 24.2 Å². The summed E-state index contributed by atoms with van der Waals surface area (Å²) in [6.45, 7) is 15.7. The molecule has 1 aliphatic heterocycles. The number of hydrogen-bond donors (Lipinski definition) is 1. The lowest BCUT2D eigenvalue weighted by Crippen LogP contribution is -3.12. The number of likely N-dealkylation sites (N-methyl/N-ethyl adjacent to an activating group) is 1. The van der Waals surface area contributed by atoms with E-state index in [9.17, 15) is 8.42 Å². The van der Waals surface area contributed by atoms with Crippen LogP contribution in [0.25, 0.3) is 0 Å². The van der Waals surface area contributed by atoms with Gasteiger partial charge in [0, 0.05) is 0 Å². The van der Waals surface area contributed by atoms with Crippen LogP contribution in [0.4, 0.5) is 0 Å². The predicted molar refractivity (Wildman–Crippen MR) is 104 cm³/mol. The zero-order chi connectivity index (χ0) is 18.9. The van der Waals surface area contributed by atoms with Crippen LogP contribution >= 0.6 is 0 Å². The van der Waals surface area contributed by atoms with Gasteiger partial charge in [-0.3, -0.25) is 0 Å². The molecule has 0 saturated carbocycles. The summed E-state index contributed by atoms with van der Waals surface area (Å²) in [5.41, 5.74) is 3.18. The zero-order valence-electron chi connectivity index (χ0n) is 16.9. The highest BCUT2D eigenvalue weighted by atomic mass is 32.2. The van der Waals surface area contributed by atoms with Gasteiger partial charge in [-0.05, 0) is 34.4 Å². The number of rotatable bonds is 5. The Bertz CT molecular complexity index is 671. The van der Waals surface area contributed by atoms with E-state index in [2.05, 4.69) is 60.7 Å². The summed E-state index contributed by atoms with van der Waals surface area (Å²) >= 11 is 0. The van der Waals surface area contributed by atoms with Crippen molar-refractivity contribution in [3.8, 4) is 0 Å². The van der Waals surface area contributed by atoms with Gasteiger partial charge in [0.15, 0.2) is 0 Å². The third-order valence-corrected chi connectivity index (χ3v) is 7.29. The maximum atomic E-state index is 13.5. The Labute approximate surface area is 154 Å². The Morgan fingerprint density at radius 2 is 1.32 bits per heavy atom. The number of benzene rings is 1. The number of quaternary nitrogens is 1. The first kappa shape index (κ1) is 20.4. The van der Waals surface area contributed by atoms with Crippen LogP contribution < -0.4 is 4.90 Å². The van der Waals surface area contributed by atoms with E-state index < -0.39 is 10.0 Å². The van der Waals surface area contributed by atoms with E-state index in [0.29, 0.717) is 23.9 Å². The van der Waals surface area contributed by atoms with E-state index in [4.69, 9.17) is 0 Å². The molecule has 0 bridgehead atoms. The minimum Gasteiger partial charge on any atom is -0.335 e. The van der Waals surface area contributed by atoms with Gasteiger partial charge >= 0.3 is 0 Å². The SMILES string of the molecule is CC(C)c1cc(C(C)C)c(S(=O)(=O)N2CC[NH+](C)CC2)c(C(C)C)c1. The average molecular weight is 368 g/mol. The molecule has 25 heavy (non-hydrogen) atoms. The molecule has 0 atom stereocenters. The molecule has 0 amide bonds. The van der Waals surface area contributed by atoms with E-state index in [-0.39, 0.29) is 11.8 Å². The van der Waals surface area contributed by atoms with Crippen molar-refractivity contribution in [2.45, 2.75) is 64.2 Å². The van der Waals surface area contributed by atoms with Crippen LogP contribution in [0, 0.1) is 0 Å². The first-order valence-corrected chi connectivity index (χ1v) is 11.0. The molecule has 0 spiro atoms. The van der Waals surface area contributed by atoms with Gasteiger partial charge in [0.05, 0.1) is 38.1 Å². The lowest BCUT2D eigenvalue weighted by Gasteiger charge is -2.32. The highest BCUT2D eigenvalue weighted by molar-refractivity contribution is 7.89. The first-order valence-electron chi connectivity index (χ1n) is 9.54. The summed E-state index contributed by atoms with van der Waals surface area (Å²) < 4.78 is 28.8. The molecule has 0 aliphatic carbocycles. The van der Waals surface area contributed by atoms with Crippen molar-refractivity contribution in [3.05, 3.63) is 28.8 Å². The highest BCUT2D eigenvalue weighted by Gasteiger charge is 2.34.